The van der Waals surface area contributed by atoms with E-state index in [1.165, 1.54) is 65.7 Å². The normalized spacial score (nSPS) is 11.4. The lowest BCUT2D eigenvalue weighted by molar-refractivity contribution is 0.614. The molecule has 0 aliphatic heterocycles. The zero-order chi connectivity index (χ0) is 35.7. The Bertz CT molecular complexity index is 1880. The minimum absolute atomic E-state index is 0.924. The smallest absolute Gasteiger partial charge is 0.150 e. The molecule has 6 rings (SSSR count). The Kier molecular flexibility index (Phi) is 10.6. The fourth-order valence-electron chi connectivity index (χ4n) is 6.38. The summed E-state index contributed by atoms with van der Waals surface area (Å²) in [6.45, 7) is 21.8. The summed E-state index contributed by atoms with van der Waals surface area (Å²) >= 11 is 0. The highest BCUT2D eigenvalue weighted by molar-refractivity contribution is 7.69. The monoisotopic (exact) mass is 694 g/mol. The second kappa shape index (κ2) is 14.9. The summed E-state index contributed by atoms with van der Waals surface area (Å²) in [5.41, 5.74) is 14.3. The first-order valence-corrected chi connectivity index (χ1v) is 19.9. The van der Waals surface area contributed by atoms with E-state index in [2.05, 4.69) is 178 Å². The molecule has 0 spiro atoms. The molecule has 6 aromatic rings. The summed E-state index contributed by atoms with van der Waals surface area (Å²) in [6.07, 6.45) is 0. The minimum Gasteiger partial charge on any atom is -0.464 e. The summed E-state index contributed by atoms with van der Waals surface area (Å²) < 4.78 is 14.8. The van der Waals surface area contributed by atoms with Gasteiger partial charge in [0.2, 0.25) is 0 Å². The zero-order valence-corrected chi connectivity index (χ0v) is 32.9. The van der Waals surface area contributed by atoms with Gasteiger partial charge in [-0.2, -0.15) is 0 Å². The predicted molar refractivity (Wildman–Crippen MR) is 219 cm³/mol. The third-order valence-corrected chi connectivity index (χ3v) is 13.5. The number of aryl methyl sites for hydroxylation is 8. The van der Waals surface area contributed by atoms with Crippen molar-refractivity contribution in [3.63, 3.8) is 0 Å². The second-order valence-corrected chi connectivity index (χ2v) is 17.4. The van der Waals surface area contributed by atoms with Crippen LogP contribution in [0.15, 0.2) is 109 Å². The first-order valence-electron chi connectivity index (χ1n) is 17.4. The molecule has 0 amide bonds. The molecule has 0 N–H and O–H groups in total. The molecule has 0 bridgehead atoms. The molecule has 2 nitrogen and oxygen atoms in total. The lowest BCUT2D eigenvalue weighted by Gasteiger charge is -2.29. The number of hydrogen-bond acceptors (Lipinski definition) is 2. The van der Waals surface area contributed by atoms with Gasteiger partial charge >= 0.3 is 0 Å². The average molecular weight is 695 g/mol. The molecule has 0 aliphatic rings. The fraction of sp³-hybridized carbons (Fsp3) is 0.217. The Morgan fingerprint density at radius 1 is 0.320 bits per heavy atom. The molecular weight excluding hydrogens is 646 g/mol. The maximum atomic E-state index is 7.42. The van der Waals surface area contributed by atoms with Crippen LogP contribution in [0.2, 0.25) is 0 Å². The van der Waals surface area contributed by atoms with Crippen LogP contribution in [0.3, 0.4) is 0 Å². The third-order valence-electron chi connectivity index (χ3n) is 9.66. The molecule has 0 fully saturated rings. The van der Waals surface area contributed by atoms with Gasteiger partial charge in [-0.25, -0.2) is 0 Å². The first-order chi connectivity index (χ1) is 23.9. The molecule has 0 aliphatic carbocycles. The van der Waals surface area contributed by atoms with Crippen molar-refractivity contribution < 1.29 is 9.05 Å². The van der Waals surface area contributed by atoms with Crippen molar-refractivity contribution in [2.45, 2.75) is 69.2 Å². The van der Waals surface area contributed by atoms with Crippen LogP contribution in [0.25, 0.3) is 11.1 Å². The fourth-order valence-corrected chi connectivity index (χ4v) is 9.91. The van der Waals surface area contributed by atoms with Crippen LogP contribution in [-0.2, 0) is 0 Å². The van der Waals surface area contributed by atoms with E-state index in [9.17, 15) is 0 Å². The number of rotatable bonds is 9. The molecule has 0 unspecified atom stereocenters. The van der Waals surface area contributed by atoms with Crippen LogP contribution in [0.1, 0.15) is 55.6 Å². The maximum Gasteiger partial charge on any atom is 0.150 e. The highest BCUT2D eigenvalue weighted by atomic mass is 31.1. The molecule has 0 saturated carbocycles. The standard InChI is InChI=1S/C46H48O2P2/c1-29-11-19-39(20-12-29)49(40-21-13-30(2)14-22-40)47-45-35(7)27-33(5)37(9)43(45)44-38(10)34(6)28-36(8)46(44)48-50(41-23-15-31(3)16-24-41)42-25-17-32(4)18-26-42/h11-28H,1-10H3. The summed E-state index contributed by atoms with van der Waals surface area (Å²) in [5, 5.41) is 4.76. The third kappa shape index (κ3) is 7.44. The molecular formula is C46H48O2P2. The van der Waals surface area contributed by atoms with Gasteiger partial charge in [-0.1, -0.05) is 131 Å². The topological polar surface area (TPSA) is 18.5 Å². The molecule has 6 aromatic carbocycles. The van der Waals surface area contributed by atoms with E-state index in [-0.39, 0.29) is 0 Å². The van der Waals surface area contributed by atoms with Gasteiger partial charge in [0.05, 0.1) is 0 Å². The van der Waals surface area contributed by atoms with Crippen LogP contribution in [0.5, 0.6) is 11.5 Å². The van der Waals surface area contributed by atoms with Gasteiger partial charge in [-0.3, -0.25) is 0 Å². The van der Waals surface area contributed by atoms with Crippen molar-refractivity contribution in [2.24, 2.45) is 0 Å². The largest absolute Gasteiger partial charge is 0.464 e. The summed E-state index contributed by atoms with van der Waals surface area (Å²) in [6, 6.07) is 39.9. The van der Waals surface area contributed by atoms with Crippen molar-refractivity contribution in [3.05, 3.63) is 165 Å². The lowest BCUT2D eigenvalue weighted by Crippen LogP contribution is -2.18. The molecule has 254 valence electrons. The summed E-state index contributed by atoms with van der Waals surface area (Å²) in [5.74, 6) is 1.85. The van der Waals surface area contributed by atoms with Gasteiger partial charge < -0.3 is 9.05 Å². The molecule has 0 saturated heterocycles. The van der Waals surface area contributed by atoms with Crippen LogP contribution in [-0.4, -0.2) is 0 Å². The Labute approximate surface area is 302 Å². The summed E-state index contributed by atoms with van der Waals surface area (Å²) in [4.78, 5) is 0. The van der Waals surface area contributed by atoms with Gasteiger partial charge in [0.15, 0.2) is 16.3 Å². The van der Waals surface area contributed by atoms with E-state index in [4.69, 9.17) is 9.05 Å². The van der Waals surface area contributed by atoms with Gasteiger partial charge in [-0.05, 0) is 103 Å². The van der Waals surface area contributed by atoms with Crippen LogP contribution in [0, 0.1) is 69.2 Å². The van der Waals surface area contributed by atoms with E-state index in [1.807, 2.05) is 0 Å². The van der Waals surface area contributed by atoms with E-state index < -0.39 is 16.3 Å². The van der Waals surface area contributed by atoms with E-state index in [0.717, 1.165) is 33.8 Å². The van der Waals surface area contributed by atoms with Crippen LogP contribution >= 0.6 is 16.3 Å². The van der Waals surface area contributed by atoms with Crippen LogP contribution < -0.4 is 30.3 Å². The summed E-state index contributed by atoms with van der Waals surface area (Å²) in [7, 11) is -2.33. The quantitative estimate of drug-likeness (QED) is 0.140. The Hall–Kier alpha value is -4.22. The van der Waals surface area contributed by atoms with Gasteiger partial charge in [0.1, 0.15) is 11.5 Å². The molecule has 0 radical (unpaired) electrons. The molecule has 50 heavy (non-hydrogen) atoms. The van der Waals surface area contributed by atoms with E-state index in [0.29, 0.717) is 0 Å². The molecule has 0 aromatic heterocycles. The Balaban J connectivity index is 1.58. The average Bonchev–Trinajstić information content (AvgIpc) is 3.09. The van der Waals surface area contributed by atoms with Crippen molar-refractivity contribution in [3.8, 4) is 22.6 Å². The number of hydrogen-bond donors (Lipinski definition) is 0. The molecule has 0 atom stereocenters. The lowest BCUT2D eigenvalue weighted by atomic mass is 9.87. The second-order valence-electron chi connectivity index (χ2n) is 13.8. The minimum atomic E-state index is -1.16. The first kappa shape index (κ1) is 35.6. The maximum absolute atomic E-state index is 7.42. The Morgan fingerprint density at radius 3 is 0.800 bits per heavy atom. The van der Waals surface area contributed by atoms with Gasteiger partial charge in [0, 0.05) is 32.3 Å². The molecule has 0 heterocycles. The van der Waals surface area contributed by atoms with Crippen molar-refractivity contribution in [2.75, 3.05) is 0 Å². The van der Waals surface area contributed by atoms with Gasteiger partial charge in [-0.15, -0.1) is 0 Å². The van der Waals surface area contributed by atoms with Crippen molar-refractivity contribution in [1.29, 1.82) is 0 Å². The van der Waals surface area contributed by atoms with Crippen molar-refractivity contribution in [1.82, 2.24) is 0 Å². The van der Waals surface area contributed by atoms with Gasteiger partial charge in [0.25, 0.3) is 0 Å². The van der Waals surface area contributed by atoms with E-state index >= 15 is 0 Å². The highest BCUT2D eigenvalue weighted by Gasteiger charge is 2.28. The highest BCUT2D eigenvalue weighted by Crippen LogP contribution is 2.52. The predicted octanol–water partition coefficient (Wildman–Crippen LogP) is 11.3. The van der Waals surface area contributed by atoms with Crippen LogP contribution in [0.4, 0.5) is 0 Å². The zero-order valence-electron chi connectivity index (χ0n) is 31.1. The SMILES string of the molecule is Cc1ccc(P(Oc2c(C)cc(C)c(C)c2-c2c(C)c(C)cc(C)c2OP(c2ccc(C)cc2)c2ccc(C)cc2)c2ccc(C)cc2)cc1. The Morgan fingerprint density at radius 2 is 0.560 bits per heavy atom. The molecule has 4 heteroatoms. The number of benzene rings is 6. The van der Waals surface area contributed by atoms with Crippen molar-refractivity contribution >= 4 is 37.5 Å². The van der Waals surface area contributed by atoms with E-state index in [1.54, 1.807) is 0 Å².